The second-order valence-electron chi connectivity index (χ2n) is 8.32. The summed E-state index contributed by atoms with van der Waals surface area (Å²) in [6.07, 6.45) is 3.58. The SMILES string of the molecule is Cc1ccc(C2=NN(C(=O)COc3cccc(N4CCCC4=O)c3)[C@@H](c3ccco3)C2)cc1. The number of ether oxygens (including phenoxy) is 1. The molecule has 0 N–H and O–H groups in total. The Morgan fingerprint density at radius 2 is 2.00 bits per heavy atom. The topological polar surface area (TPSA) is 75.4 Å². The highest BCUT2D eigenvalue weighted by molar-refractivity contribution is 6.03. The van der Waals surface area contributed by atoms with Crippen molar-refractivity contribution in [3.63, 3.8) is 0 Å². The summed E-state index contributed by atoms with van der Waals surface area (Å²) in [5, 5.41) is 6.10. The number of hydrogen-bond acceptors (Lipinski definition) is 5. The fourth-order valence-electron chi connectivity index (χ4n) is 4.24. The van der Waals surface area contributed by atoms with Crippen LogP contribution in [0.4, 0.5) is 5.69 Å². The Bertz CT molecular complexity index is 1180. The molecule has 1 atom stereocenters. The third-order valence-corrected chi connectivity index (χ3v) is 5.99. The second kappa shape index (κ2) is 8.94. The number of anilines is 1. The van der Waals surface area contributed by atoms with Gasteiger partial charge in [0.15, 0.2) is 6.61 Å². The molecule has 0 radical (unpaired) electrons. The van der Waals surface area contributed by atoms with E-state index in [4.69, 9.17) is 9.15 Å². The van der Waals surface area contributed by atoms with E-state index in [1.807, 2.05) is 55.5 Å². The van der Waals surface area contributed by atoms with Crippen LogP contribution in [0.2, 0.25) is 0 Å². The first-order valence-corrected chi connectivity index (χ1v) is 11.1. The van der Waals surface area contributed by atoms with Crippen LogP contribution in [-0.2, 0) is 9.59 Å². The summed E-state index contributed by atoms with van der Waals surface area (Å²) >= 11 is 0. The maximum atomic E-state index is 13.1. The summed E-state index contributed by atoms with van der Waals surface area (Å²) in [5.74, 6) is 1.07. The third kappa shape index (κ3) is 4.39. The zero-order valence-corrected chi connectivity index (χ0v) is 18.4. The normalized spacial score (nSPS) is 18.0. The van der Waals surface area contributed by atoms with Gasteiger partial charge in [0.1, 0.15) is 17.6 Å². The molecule has 7 nitrogen and oxygen atoms in total. The third-order valence-electron chi connectivity index (χ3n) is 5.99. The molecule has 2 aromatic carbocycles. The van der Waals surface area contributed by atoms with E-state index in [2.05, 4.69) is 5.10 Å². The smallest absolute Gasteiger partial charge is 0.281 e. The molecule has 2 aliphatic heterocycles. The average molecular weight is 444 g/mol. The Kier molecular flexibility index (Phi) is 5.69. The number of hydrogen-bond donors (Lipinski definition) is 0. The molecular formula is C26H25N3O4. The number of carbonyl (C=O) groups excluding carboxylic acids is 2. The molecule has 0 aliphatic carbocycles. The molecule has 0 spiro atoms. The standard InChI is InChI=1S/C26H25N3O4/c1-18-9-11-19(12-10-18)22-16-23(24-7-4-14-32-24)29(27-22)26(31)17-33-21-6-2-5-20(15-21)28-13-3-8-25(28)30/h2,4-7,9-12,14-15,23H,3,8,13,16-17H2,1H3/t23-/m1/s1. The maximum Gasteiger partial charge on any atom is 0.281 e. The van der Waals surface area contributed by atoms with E-state index in [0.29, 0.717) is 30.9 Å². The molecule has 1 saturated heterocycles. The summed E-state index contributed by atoms with van der Waals surface area (Å²) in [4.78, 5) is 26.9. The van der Waals surface area contributed by atoms with Gasteiger partial charge in [-0.3, -0.25) is 9.59 Å². The van der Waals surface area contributed by atoms with Crippen LogP contribution in [0, 0.1) is 6.92 Å². The highest BCUT2D eigenvalue weighted by Gasteiger charge is 2.35. The molecular weight excluding hydrogens is 418 g/mol. The van der Waals surface area contributed by atoms with E-state index in [9.17, 15) is 9.59 Å². The van der Waals surface area contributed by atoms with E-state index in [-0.39, 0.29) is 24.5 Å². The van der Waals surface area contributed by atoms with Crippen molar-refractivity contribution < 1.29 is 18.7 Å². The molecule has 3 heterocycles. The summed E-state index contributed by atoms with van der Waals surface area (Å²) in [5.41, 5.74) is 3.77. The minimum atomic E-state index is -0.319. The molecule has 2 aliphatic rings. The number of aryl methyl sites for hydroxylation is 1. The molecule has 0 unspecified atom stereocenters. The Labute approximate surface area is 192 Å². The van der Waals surface area contributed by atoms with E-state index in [1.165, 1.54) is 10.6 Å². The van der Waals surface area contributed by atoms with Gasteiger partial charge in [0.2, 0.25) is 5.91 Å². The molecule has 0 saturated carbocycles. The van der Waals surface area contributed by atoms with Crippen molar-refractivity contribution in [1.82, 2.24) is 5.01 Å². The largest absolute Gasteiger partial charge is 0.484 e. The number of hydrazone groups is 1. The van der Waals surface area contributed by atoms with Gasteiger partial charge in [-0.1, -0.05) is 35.9 Å². The summed E-state index contributed by atoms with van der Waals surface area (Å²) in [6.45, 7) is 2.57. The Balaban J connectivity index is 1.32. The lowest BCUT2D eigenvalue weighted by atomic mass is 10.0. The minimum Gasteiger partial charge on any atom is -0.484 e. The summed E-state index contributed by atoms with van der Waals surface area (Å²) < 4.78 is 11.4. The molecule has 2 amide bonds. The van der Waals surface area contributed by atoms with Gasteiger partial charge in [0.05, 0.1) is 12.0 Å². The molecule has 0 bridgehead atoms. The predicted octanol–water partition coefficient (Wildman–Crippen LogP) is 4.47. The van der Waals surface area contributed by atoms with Crippen molar-refractivity contribution in [2.24, 2.45) is 5.10 Å². The maximum absolute atomic E-state index is 13.1. The lowest BCUT2D eigenvalue weighted by molar-refractivity contribution is -0.135. The molecule has 1 fully saturated rings. The van der Waals surface area contributed by atoms with Crippen molar-refractivity contribution in [1.29, 1.82) is 0 Å². The fourth-order valence-corrected chi connectivity index (χ4v) is 4.24. The zero-order valence-electron chi connectivity index (χ0n) is 18.4. The van der Waals surface area contributed by atoms with Gasteiger partial charge in [-0.2, -0.15) is 5.10 Å². The first-order valence-electron chi connectivity index (χ1n) is 11.1. The average Bonchev–Trinajstić information content (AvgIpc) is 3.58. The number of furan rings is 1. The van der Waals surface area contributed by atoms with Crippen LogP contribution in [0.3, 0.4) is 0 Å². The summed E-state index contributed by atoms with van der Waals surface area (Å²) in [7, 11) is 0. The van der Waals surface area contributed by atoms with E-state index >= 15 is 0 Å². The quantitative estimate of drug-likeness (QED) is 0.563. The number of rotatable bonds is 6. The first kappa shape index (κ1) is 21.0. The van der Waals surface area contributed by atoms with Crippen molar-refractivity contribution in [3.8, 4) is 5.75 Å². The Hall–Kier alpha value is -3.87. The van der Waals surface area contributed by atoms with Crippen LogP contribution < -0.4 is 9.64 Å². The van der Waals surface area contributed by atoms with Crippen molar-refractivity contribution >= 4 is 23.2 Å². The number of benzene rings is 2. The highest BCUT2D eigenvalue weighted by atomic mass is 16.5. The molecule has 5 rings (SSSR count). The van der Waals surface area contributed by atoms with Gasteiger partial charge in [-0.25, -0.2) is 5.01 Å². The Morgan fingerprint density at radius 3 is 2.73 bits per heavy atom. The van der Waals surface area contributed by atoms with Gasteiger partial charge in [-0.05, 0) is 43.2 Å². The number of carbonyl (C=O) groups is 2. The highest BCUT2D eigenvalue weighted by Crippen LogP contribution is 2.33. The van der Waals surface area contributed by atoms with Gasteiger partial charge in [0, 0.05) is 31.1 Å². The monoisotopic (exact) mass is 443 g/mol. The van der Waals surface area contributed by atoms with Gasteiger partial charge < -0.3 is 14.1 Å². The zero-order chi connectivity index (χ0) is 22.8. The summed E-state index contributed by atoms with van der Waals surface area (Å²) in [6, 6.07) is 18.7. The van der Waals surface area contributed by atoms with E-state index in [0.717, 1.165) is 23.4 Å². The number of nitrogens with zero attached hydrogens (tertiary/aromatic N) is 3. The van der Waals surface area contributed by atoms with Crippen LogP contribution >= 0.6 is 0 Å². The van der Waals surface area contributed by atoms with E-state index < -0.39 is 0 Å². The van der Waals surface area contributed by atoms with Crippen LogP contribution in [0.1, 0.15) is 42.2 Å². The second-order valence-corrected chi connectivity index (χ2v) is 8.32. The predicted molar refractivity (Wildman–Crippen MR) is 124 cm³/mol. The lowest BCUT2D eigenvalue weighted by Gasteiger charge is -2.20. The molecule has 3 aromatic rings. The lowest BCUT2D eigenvalue weighted by Crippen LogP contribution is -2.31. The van der Waals surface area contributed by atoms with Crippen LogP contribution in [0.5, 0.6) is 5.75 Å². The molecule has 168 valence electrons. The van der Waals surface area contributed by atoms with E-state index in [1.54, 1.807) is 23.3 Å². The molecule has 7 heteroatoms. The van der Waals surface area contributed by atoms with Crippen molar-refractivity contribution in [2.45, 2.75) is 32.2 Å². The molecule has 1 aromatic heterocycles. The van der Waals surface area contributed by atoms with Gasteiger partial charge in [0.25, 0.3) is 5.91 Å². The van der Waals surface area contributed by atoms with Crippen LogP contribution in [-0.4, -0.2) is 35.7 Å². The minimum absolute atomic E-state index is 0.111. The van der Waals surface area contributed by atoms with Crippen molar-refractivity contribution in [3.05, 3.63) is 83.8 Å². The van der Waals surface area contributed by atoms with Gasteiger partial charge >= 0.3 is 0 Å². The van der Waals surface area contributed by atoms with Crippen molar-refractivity contribution in [2.75, 3.05) is 18.1 Å². The Morgan fingerprint density at radius 1 is 1.15 bits per heavy atom. The molecule has 33 heavy (non-hydrogen) atoms. The van der Waals surface area contributed by atoms with Gasteiger partial charge in [-0.15, -0.1) is 0 Å². The number of amides is 2. The van der Waals surface area contributed by atoms with Crippen LogP contribution in [0.25, 0.3) is 0 Å². The van der Waals surface area contributed by atoms with Crippen LogP contribution in [0.15, 0.2) is 76.4 Å². The first-order chi connectivity index (χ1) is 16.1. The fraction of sp³-hybridized carbons (Fsp3) is 0.269.